The van der Waals surface area contributed by atoms with Crippen LogP contribution in [0.25, 0.3) is 0 Å². The molecule has 2 aliphatic rings. The van der Waals surface area contributed by atoms with Gasteiger partial charge in [-0.3, -0.25) is 4.79 Å². The fourth-order valence-corrected chi connectivity index (χ4v) is 3.71. The van der Waals surface area contributed by atoms with Crippen molar-refractivity contribution in [3.8, 4) is 0 Å². The molecule has 0 unspecified atom stereocenters. The van der Waals surface area contributed by atoms with Crippen LogP contribution in [-0.2, 0) is 16.0 Å². The second kappa shape index (κ2) is 6.71. The number of hydrogen-bond acceptors (Lipinski definition) is 3. The number of aromatic carboxylic acids is 1. The lowest BCUT2D eigenvalue weighted by molar-refractivity contribution is -0.130. The van der Waals surface area contributed by atoms with E-state index in [9.17, 15) is 14.7 Å². The minimum atomic E-state index is -0.935. The Morgan fingerprint density at radius 3 is 2.65 bits per heavy atom. The second-order valence-corrected chi connectivity index (χ2v) is 6.64. The first-order valence-corrected chi connectivity index (χ1v) is 8.26. The number of nitrogens with zero attached hydrogens (tertiary/aromatic N) is 1. The van der Waals surface area contributed by atoms with E-state index in [1.54, 1.807) is 18.2 Å². The SMILES string of the molecule is O=C(O)c1ccccc1CCC(=O)N1CCC2(CCOCC2)C1. The highest BCUT2D eigenvalue weighted by Gasteiger charge is 2.40. The molecule has 2 aliphatic heterocycles. The highest BCUT2D eigenvalue weighted by Crippen LogP contribution is 2.39. The molecule has 23 heavy (non-hydrogen) atoms. The van der Waals surface area contributed by atoms with Crippen LogP contribution in [0.15, 0.2) is 24.3 Å². The molecule has 5 heteroatoms. The van der Waals surface area contributed by atoms with Crippen LogP contribution in [0.3, 0.4) is 0 Å². The predicted molar refractivity (Wildman–Crippen MR) is 85.4 cm³/mol. The number of aryl methyl sites for hydroxylation is 1. The van der Waals surface area contributed by atoms with E-state index in [-0.39, 0.29) is 11.3 Å². The summed E-state index contributed by atoms with van der Waals surface area (Å²) < 4.78 is 5.43. The lowest BCUT2D eigenvalue weighted by Gasteiger charge is -2.33. The highest BCUT2D eigenvalue weighted by atomic mass is 16.5. The number of carboxylic acid groups (broad SMARTS) is 1. The van der Waals surface area contributed by atoms with Gasteiger partial charge < -0.3 is 14.7 Å². The summed E-state index contributed by atoms with van der Waals surface area (Å²) >= 11 is 0. The van der Waals surface area contributed by atoms with Crippen LogP contribution >= 0.6 is 0 Å². The van der Waals surface area contributed by atoms with Crippen molar-refractivity contribution in [1.82, 2.24) is 4.90 Å². The third kappa shape index (κ3) is 3.55. The summed E-state index contributed by atoms with van der Waals surface area (Å²) in [6.07, 6.45) is 4.00. The Labute approximate surface area is 136 Å². The Morgan fingerprint density at radius 2 is 1.91 bits per heavy atom. The Balaban J connectivity index is 1.57. The van der Waals surface area contributed by atoms with E-state index in [0.29, 0.717) is 18.4 Å². The zero-order valence-corrected chi connectivity index (χ0v) is 13.3. The Morgan fingerprint density at radius 1 is 1.17 bits per heavy atom. The molecule has 0 atom stereocenters. The topological polar surface area (TPSA) is 66.8 Å². The van der Waals surface area contributed by atoms with Crippen molar-refractivity contribution >= 4 is 11.9 Å². The molecular formula is C18H23NO4. The summed E-state index contributed by atoms with van der Waals surface area (Å²) in [4.78, 5) is 25.6. The molecule has 0 aliphatic carbocycles. The predicted octanol–water partition coefficient (Wildman–Crippen LogP) is 2.35. The number of amides is 1. The maximum atomic E-state index is 12.5. The monoisotopic (exact) mass is 317 g/mol. The molecule has 1 aromatic rings. The van der Waals surface area contributed by atoms with Gasteiger partial charge in [0.05, 0.1) is 5.56 Å². The van der Waals surface area contributed by atoms with E-state index in [1.807, 2.05) is 11.0 Å². The first-order chi connectivity index (χ1) is 11.1. The number of carboxylic acids is 1. The van der Waals surface area contributed by atoms with Gasteiger partial charge in [-0.25, -0.2) is 4.79 Å². The summed E-state index contributed by atoms with van der Waals surface area (Å²) in [6, 6.07) is 6.92. The van der Waals surface area contributed by atoms with E-state index < -0.39 is 5.97 Å². The number of carbonyl (C=O) groups is 2. The summed E-state index contributed by atoms with van der Waals surface area (Å²) in [6.45, 7) is 3.25. The largest absolute Gasteiger partial charge is 0.478 e. The van der Waals surface area contributed by atoms with E-state index >= 15 is 0 Å². The maximum Gasteiger partial charge on any atom is 0.335 e. The van der Waals surface area contributed by atoms with Crippen LogP contribution < -0.4 is 0 Å². The van der Waals surface area contributed by atoms with Crippen LogP contribution in [0.1, 0.15) is 41.6 Å². The Kier molecular flexibility index (Phi) is 4.66. The zero-order valence-electron chi connectivity index (χ0n) is 13.3. The molecule has 0 aromatic heterocycles. The Hall–Kier alpha value is -1.88. The minimum absolute atomic E-state index is 0.133. The maximum absolute atomic E-state index is 12.5. The van der Waals surface area contributed by atoms with Crippen LogP contribution in [0.2, 0.25) is 0 Å². The first-order valence-electron chi connectivity index (χ1n) is 8.26. The Bertz CT molecular complexity index is 592. The average molecular weight is 317 g/mol. The summed E-state index contributed by atoms with van der Waals surface area (Å²) in [5.41, 5.74) is 1.28. The molecule has 1 amide bonds. The van der Waals surface area contributed by atoms with E-state index in [4.69, 9.17) is 4.74 Å². The number of rotatable bonds is 4. The van der Waals surface area contributed by atoms with Gasteiger partial charge in [0, 0.05) is 32.7 Å². The van der Waals surface area contributed by atoms with Crippen molar-refractivity contribution in [3.63, 3.8) is 0 Å². The molecule has 5 nitrogen and oxygen atoms in total. The minimum Gasteiger partial charge on any atom is -0.478 e. The lowest BCUT2D eigenvalue weighted by atomic mass is 9.80. The molecule has 2 saturated heterocycles. The molecule has 1 N–H and O–H groups in total. The van der Waals surface area contributed by atoms with Crippen LogP contribution in [-0.4, -0.2) is 48.2 Å². The van der Waals surface area contributed by atoms with Gasteiger partial charge in [-0.2, -0.15) is 0 Å². The van der Waals surface area contributed by atoms with E-state index in [1.165, 1.54) is 0 Å². The fraction of sp³-hybridized carbons (Fsp3) is 0.556. The van der Waals surface area contributed by atoms with Crippen molar-refractivity contribution in [2.24, 2.45) is 5.41 Å². The quantitative estimate of drug-likeness (QED) is 0.925. The molecule has 3 rings (SSSR count). The molecular weight excluding hydrogens is 294 g/mol. The number of carbonyl (C=O) groups excluding carboxylic acids is 1. The van der Waals surface area contributed by atoms with Crippen molar-refractivity contribution in [1.29, 1.82) is 0 Å². The van der Waals surface area contributed by atoms with Gasteiger partial charge in [0.1, 0.15) is 0 Å². The molecule has 124 valence electrons. The normalized spacial score (nSPS) is 19.9. The van der Waals surface area contributed by atoms with Gasteiger partial charge in [-0.15, -0.1) is 0 Å². The van der Waals surface area contributed by atoms with Crippen LogP contribution in [0.4, 0.5) is 0 Å². The molecule has 0 saturated carbocycles. The van der Waals surface area contributed by atoms with Gasteiger partial charge in [-0.1, -0.05) is 18.2 Å². The number of likely N-dealkylation sites (tertiary alicyclic amines) is 1. The molecule has 0 radical (unpaired) electrons. The van der Waals surface area contributed by atoms with Gasteiger partial charge >= 0.3 is 5.97 Å². The van der Waals surface area contributed by atoms with Crippen molar-refractivity contribution in [2.45, 2.75) is 32.1 Å². The number of benzene rings is 1. The van der Waals surface area contributed by atoms with Crippen LogP contribution in [0.5, 0.6) is 0 Å². The molecule has 1 spiro atoms. The third-order valence-electron chi connectivity index (χ3n) is 5.20. The number of hydrogen-bond donors (Lipinski definition) is 1. The first kappa shape index (κ1) is 16.0. The third-order valence-corrected chi connectivity index (χ3v) is 5.20. The van der Waals surface area contributed by atoms with E-state index in [0.717, 1.165) is 51.1 Å². The molecule has 0 bridgehead atoms. The van der Waals surface area contributed by atoms with Gasteiger partial charge in [-0.05, 0) is 42.7 Å². The average Bonchev–Trinajstić information content (AvgIpc) is 2.97. The summed E-state index contributed by atoms with van der Waals surface area (Å²) in [7, 11) is 0. The van der Waals surface area contributed by atoms with Crippen molar-refractivity contribution in [2.75, 3.05) is 26.3 Å². The smallest absolute Gasteiger partial charge is 0.335 e. The number of ether oxygens (including phenoxy) is 1. The molecule has 2 fully saturated rings. The summed E-state index contributed by atoms with van der Waals surface area (Å²) in [5, 5.41) is 9.20. The highest BCUT2D eigenvalue weighted by molar-refractivity contribution is 5.89. The van der Waals surface area contributed by atoms with Crippen LogP contribution in [0, 0.1) is 5.41 Å². The fourth-order valence-electron chi connectivity index (χ4n) is 3.71. The van der Waals surface area contributed by atoms with Crippen molar-refractivity contribution < 1.29 is 19.4 Å². The molecule has 1 aromatic carbocycles. The lowest BCUT2D eigenvalue weighted by Crippen LogP contribution is -2.35. The van der Waals surface area contributed by atoms with Crippen molar-refractivity contribution in [3.05, 3.63) is 35.4 Å². The zero-order chi connectivity index (χ0) is 16.3. The second-order valence-electron chi connectivity index (χ2n) is 6.64. The summed E-state index contributed by atoms with van der Waals surface area (Å²) in [5.74, 6) is -0.802. The van der Waals surface area contributed by atoms with Gasteiger partial charge in [0.2, 0.25) is 5.91 Å². The van der Waals surface area contributed by atoms with Gasteiger partial charge in [0.15, 0.2) is 0 Å². The standard InChI is InChI=1S/C18H23NO4/c20-16(6-5-14-3-1-2-4-15(14)17(21)22)19-10-7-18(13-19)8-11-23-12-9-18/h1-4H,5-13H2,(H,21,22). The van der Waals surface area contributed by atoms with Gasteiger partial charge in [0.25, 0.3) is 0 Å². The molecule has 2 heterocycles. The van der Waals surface area contributed by atoms with E-state index in [2.05, 4.69) is 0 Å².